The zero-order chi connectivity index (χ0) is 23.5. The van der Waals surface area contributed by atoms with E-state index in [0.717, 1.165) is 18.2 Å². The van der Waals surface area contributed by atoms with Crippen molar-refractivity contribution < 1.29 is 36.6 Å². The lowest BCUT2D eigenvalue weighted by Gasteiger charge is -2.23. The topological polar surface area (TPSA) is 64.6 Å². The highest BCUT2D eigenvalue weighted by molar-refractivity contribution is 6.31. The molecule has 3 rings (SSSR count). The van der Waals surface area contributed by atoms with Crippen LogP contribution in [0.2, 0.25) is 5.02 Å². The van der Waals surface area contributed by atoms with Gasteiger partial charge in [0.05, 0.1) is 13.0 Å². The minimum Gasteiger partial charge on any atom is -0.469 e. The minimum absolute atomic E-state index is 0.0188. The Labute approximate surface area is 186 Å². The van der Waals surface area contributed by atoms with Crippen molar-refractivity contribution in [3.63, 3.8) is 0 Å². The maximum atomic E-state index is 13.4. The molecule has 1 amide bonds. The number of nitrogens with one attached hydrogen (secondary N) is 1. The van der Waals surface area contributed by atoms with Crippen LogP contribution in [0, 0.1) is 11.7 Å². The second-order valence-electron chi connectivity index (χ2n) is 7.11. The number of allylic oxidation sites excluding steroid dienone is 1. The number of hydrogen-bond acceptors (Lipinski definition) is 4. The van der Waals surface area contributed by atoms with E-state index in [1.54, 1.807) is 12.2 Å². The van der Waals surface area contributed by atoms with Crippen LogP contribution in [0.15, 0.2) is 54.6 Å². The van der Waals surface area contributed by atoms with Gasteiger partial charge in [0.1, 0.15) is 11.6 Å². The van der Waals surface area contributed by atoms with Gasteiger partial charge in [-0.2, -0.15) is 0 Å². The van der Waals surface area contributed by atoms with Gasteiger partial charge in [0.25, 0.3) is 5.91 Å². The average Bonchev–Trinajstić information content (AvgIpc) is 3.16. The van der Waals surface area contributed by atoms with Gasteiger partial charge in [0, 0.05) is 16.6 Å². The van der Waals surface area contributed by atoms with Crippen LogP contribution in [0.1, 0.15) is 28.3 Å². The quantitative estimate of drug-likeness (QED) is 0.365. The SMILES string of the molecule is COC(=O)C(c1ccc(F)cc1Cl)C1C=CC(NC(=O)c2cccc(OC(F)(F)F)c2)C1. The summed E-state index contributed by atoms with van der Waals surface area (Å²) in [7, 11) is 1.22. The van der Waals surface area contributed by atoms with Crippen molar-refractivity contribution in [2.45, 2.75) is 24.7 Å². The first-order chi connectivity index (χ1) is 15.1. The van der Waals surface area contributed by atoms with E-state index in [4.69, 9.17) is 16.3 Å². The molecule has 0 spiro atoms. The highest BCUT2D eigenvalue weighted by Gasteiger charge is 2.35. The molecule has 0 fully saturated rings. The molecule has 2 aromatic rings. The summed E-state index contributed by atoms with van der Waals surface area (Å²) in [5.74, 6) is -3.47. The molecule has 170 valence electrons. The van der Waals surface area contributed by atoms with Crippen LogP contribution in [-0.4, -0.2) is 31.4 Å². The molecule has 3 unspecified atom stereocenters. The van der Waals surface area contributed by atoms with E-state index in [9.17, 15) is 27.2 Å². The summed E-state index contributed by atoms with van der Waals surface area (Å²) in [5.41, 5.74) is 0.369. The van der Waals surface area contributed by atoms with Crippen molar-refractivity contribution in [1.82, 2.24) is 5.32 Å². The summed E-state index contributed by atoms with van der Waals surface area (Å²) in [6, 6.07) is 7.89. The van der Waals surface area contributed by atoms with Crippen LogP contribution in [0.4, 0.5) is 17.6 Å². The number of carbonyl (C=O) groups excluding carboxylic acids is 2. The Hall–Kier alpha value is -3.07. The smallest absolute Gasteiger partial charge is 0.469 e. The Kier molecular flexibility index (Phi) is 7.08. The van der Waals surface area contributed by atoms with Crippen LogP contribution >= 0.6 is 11.6 Å². The molecule has 1 aliphatic carbocycles. The molecule has 0 saturated heterocycles. The highest BCUT2D eigenvalue weighted by atomic mass is 35.5. The van der Waals surface area contributed by atoms with Crippen molar-refractivity contribution in [1.29, 1.82) is 0 Å². The Balaban J connectivity index is 1.71. The van der Waals surface area contributed by atoms with Crippen molar-refractivity contribution in [3.05, 3.63) is 76.6 Å². The average molecular weight is 472 g/mol. The Bertz CT molecular complexity index is 1040. The number of esters is 1. The molecule has 1 N–H and O–H groups in total. The van der Waals surface area contributed by atoms with Gasteiger partial charge in [0.15, 0.2) is 0 Å². The number of amides is 1. The van der Waals surface area contributed by atoms with Crippen LogP contribution in [0.25, 0.3) is 0 Å². The molecule has 0 saturated carbocycles. The summed E-state index contributed by atoms with van der Waals surface area (Å²) in [5, 5.41) is 2.77. The molecule has 2 aromatic carbocycles. The third kappa shape index (κ3) is 5.79. The largest absolute Gasteiger partial charge is 0.573 e. The fraction of sp³-hybridized carbons (Fsp3) is 0.273. The van der Waals surface area contributed by atoms with Gasteiger partial charge in [-0.3, -0.25) is 9.59 Å². The first-order valence-corrected chi connectivity index (χ1v) is 9.83. The van der Waals surface area contributed by atoms with Crippen LogP contribution in [-0.2, 0) is 9.53 Å². The number of benzene rings is 2. The van der Waals surface area contributed by atoms with E-state index in [0.29, 0.717) is 12.0 Å². The molecule has 0 aromatic heterocycles. The molecule has 32 heavy (non-hydrogen) atoms. The van der Waals surface area contributed by atoms with Gasteiger partial charge < -0.3 is 14.8 Å². The van der Waals surface area contributed by atoms with Crippen LogP contribution < -0.4 is 10.1 Å². The second-order valence-corrected chi connectivity index (χ2v) is 7.51. The third-order valence-corrected chi connectivity index (χ3v) is 5.27. The first kappa shape index (κ1) is 23.6. The molecule has 0 aliphatic heterocycles. The third-order valence-electron chi connectivity index (χ3n) is 4.94. The van der Waals surface area contributed by atoms with E-state index in [2.05, 4.69) is 10.1 Å². The highest BCUT2D eigenvalue weighted by Crippen LogP contribution is 2.37. The predicted octanol–water partition coefficient (Wildman–Crippen LogP) is 5.01. The second kappa shape index (κ2) is 9.60. The van der Waals surface area contributed by atoms with Gasteiger partial charge in [0.2, 0.25) is 0 Å². The fourth-order valence-electron chi connectivity index (χ4n) is 3.58. The monoisotopic (exact) mass is 471 g/mol. The van der Waals surface area contributed by atoms with Gasteiger partial charge in [-0.25, -0.2) is 4.39 Å². The van der Waals surface area contributed by atoms with E-state index < -0.39 is 47.7 Å². The molecule has 1 aliphatic rings. The number of methoxy groups -OCH3 is 1. The lowest BCUT2D eigenvalue weighted by atomic mass is 9.85. The Morgan fingerprint density at radius 1 is 1.16 bits per heavy atom. The lowest BCUT2D eigenvalue weighted by molar-refractivity contribution is -0.274. The van der Waals surface area contributed by atoms with Crippen molar-refractivity contribution in [3.8, 4) is 5.75 Å². The fourth-order valence-corrected chi connectivity index (χ4v) is 3.87. The van der Waals surface area contributed by atoms with E-state index in [-0.39, 0.29) is 10.6 Å². The minimum atomic E-state index is -4.87. The molecule has 0 bridgehead atoms. The zero-order valence-corrected chi connectivity index (χ0v) is 17.4. The summed E-state index contributed by atoms with van der Waals surface area (Å²) < 4.78 is 59.4. The summed E-state index contributed by atoms with van der Waals surface area (Å²) in [4.78, 5) is 24.9. The molecule has 3 atom stereocenters. The maximum absolute atomic E-state index is 13.4. The zero-order valence-electron chi connectivity index (χ0n) is 16.7. The van der Waals surface area contributed by atoms with Crippen molar-refractivity contribution in [2.24, 2.45) is 5.92 Å². The number of alkyl halides is 3. The molecule has 5 nitrogen and oxygen atoms in total. The van der Waals surface area contributed by atoms with E-state index >= 15 is 0 Å². The summed E-state index contributed by atoms with van der Waals surface area (Å²) in [6.45, 7) is 0. The number of carbonyl (C=O) groups is 2. The standard InChI is InChI=1S/C22H18ClF4NO4/c1-31-21(30)19(17-8-6-14(24)11-18(17)23)12-5-7-15(9-12)28-20(29)13-3-2-4-16(10-13)32-22(25,26)27/h2-8,10-12,15,19H,9H2,1H3,(H,28,29). The van der Waals surface area contributed by atoms with Crippen LogP contribution in [0.5, 0.6) is 5.75 Å². The normalized spacial score (nSPS) is 18.8. The van der Waals surface area contributed by atoms with E-state index in [1.807, 2.05) is 0 Å². The van der Waals surface area contributed by atoms with Gasteiger partial charge in [-0.15, -0.1) is 13.2 Å². The van der Waals surface area contributed by atoms with Gasteiger partial charge in [-0.1, -0.05) is 35.9 Å². The first-order valence-electron chi connectivity index (χ1n) is 9.45. The number of ether oxygens (including phenoxy) is 2. The summed E-state index contributed by atoms with van der Waals surface area (Å²) >= 11 is 6.13. The van der Waals surface area contributed by atoms with Gasteiger partial charge >= 0.3 is 12.3 Å². The van der Waals surface area contributed by atoms with Crippen LogP contribution in [0.3, 0.4) is 0 Å². The van der Waals surface area contributed by atoms with E-state index in [1.165, 1.54) is 31.4 Å². The molecule has 0 radical (unpaired) electrons. The lowest BCUT2D eigenvalue weighted by Crippen LogP contribution is -2.33. The van der Waals surface area contributed by atoms with Crippen molar-refractivity contribution in [2.75, 3.05) is 7.11 Å². The van der Waals surface area contributed by atoms with Gasteiger partial charge in [-0.05, 0) is 48.2 Å². The molecular formula is C22H18ClF4NO4. The Morgan fingerprint density at radius 3 is 2.56 bits per heavy atom. The molecule has 10 heteroatoms. The van der Waals surface area contributed by atoms with Crippen molar-refractivity contribution >= 4 is 23.5 Å². The molecule has 0 heterocycles. The molecular weight excluding hydrogens is 454 g/mol. The predicted molar refractivity (Wildman–Crippen MR) is 108 cm³/mol. The summed E-state index contributed by atoms with van der Waals surface area (Å²) in [6.07, 6.45) is -1.18. The number of rotatable bonds is 6. The number of hydrogen-bond donors (Lipinski definition) is 1. The maximum Gasteiger partial charge on any atom is 0.573 e. The Morgan fingerprint density at radius 2 is 1.91 bits per heavy atom. The number of halogens is 5.